The van der Waals surface area contributed by atoms with Crippen molar-refractivity contribution in [1.82, 2.24) is 0 Å². The zero-order chi connectivity index (χ0) is 41.0. The molecule has 0 bridgehead atoms. The molecular weight excluding hydrogens is 727 g/mol. The molecule has 0 amide bonds. The highest BCUT2D eigenvalue weighted by Gasteiger charge is 2.29. The Morgan fingerprint density at radius 3 is 1.54 bits per heavy atom. The first-order valence-electron chi connectivity index (χ1n) is 19.2. The fourth-order valence-corrected chi connectivity index (χ4v) is 6.24. The van der Waals surface area contributed by atoms with Crippen molar-refractivity contribution in [2.45, 2.75) is 62.3 Å². The van der Waals surface area contributed by atoms with Crippen LogP contribution in [0, 0.1) is 0 Å². The monoisotopic (exact) mass is 781 g/mol. The number of aliphatic hydroxyl groups is 4. The number of carbonyl (C=O) groups excluding carboxylic acids is 2. The standard InChI is InChI=1S/C46H55NO10/c1-3-37(49)18-19-38(50)17-8-32-6-9-33(10-7-32)45(35-13-22-42(23-14-35)55-29-39(51)28-47)46(34-11-20-41(21-12-34)54-27-5-26-48)36-15-24-43(25-16-36)56-30-40(52)31-57-44(53)4-2/h3-4,6-7,9-16,20-25,38-40,45-46,48,50-52H,1-2,5,8,17-19,26-31,47H2. The quantitative estimate of drug-likeness (QED) is 0.0313. The molecule has 0 spiro atoms. The minimum absolute atomic E-state index is 0.0385. The molecule has 0 heterocycles. The van der Waals surface area contributed by atoms with Crippen LogP contribution in [0.1, 0.15) is 65.3 Å². The number of nitrogens with two attached hydrogens (primary N) is 1. The summed E-state index contributed by atoms with van der Waals surface area (Å²) < 4.78 is 22.4. The summed E-state index contributed by atoms with van der Waals surface area (Å²) in [5.74, 6) is 0.654. The van der Waals surface area contributed by atoms with Gasteiger partial charge in [-0.15, -0.1) is 0 Å². The van der Waals surface area contributed by atoms with Gasteiger partial charge in [0.1, 0.15) is 49.3 Å². The van der Waals surface area contributed by atoms with E-state index in [0.717, 1.165) is 33.9 Å². The molecule has 0 aliphatic heterocycles. The summed E-state index contributed by atoms with van der Waals surface area (Å²) in [5.41, 5.74) is 10.7. The van der Waals surface area contributed by atoms with Gasteiger partial charge in [0.05, 0.1) is 12.7 Å². The summed E-state index contributed by atoms with van der Waals surface area (Å²) in [6.45, 7) is 7.14. The molecule has 0 aliphatic carbocycles. The molecule has 304 valence electrons. The van der Waals surface area contributed by atoms with E-state index in [1.807, 2.05) is 72.8 Å². The summed E-state index contributed by atoms with van der Waals surface area (Å²) in [5, 5.41) is 40.0. The second-order valence-corrected chi connectivity index (χ2v) is 13.7. The van der Waals surface area contributed by atoms with E-state index in [0.29, 0.717) is 49.5 Å². The number of rotatable bonds is 26. The average Bonchev–Trinajstić information content (AvgIpc) is 3.25. The van der Waals surface area contributed by atoms with Gasteiger partial charge in [-0.25, -0.2) is 4.79 Å². The maximum absolute atomic E-state index is 11.7. The number of carbonyl (C=O) groups is 2. The molecular formula is C46H55NO10. The van der Waals surface area contributed by atoms with Gasteiger partial charge in [0, 0.05) is 43.9 Å². The van der Waals surface area contributed by atoms with Crippen LogP contribution >= 0.6 is 0 Å². The van der Waals surface area contributed by atoms with Crippen molar-refractivity contribution in [3.05, 3.63) is 150 Å². The van der Waals surface area contributed by atoms with Crippen LogP contribution in [-0.2, 0) is 20.7 Å². The number of esters is 1. The van der Waals surface area contributed by atoms with E-state index < -0.39 is 24.3 Å². The van der Waals surface area contributed by atoms with Gasteiger partial charge in [0.15, 0.2) is 5.78 Å². The summed E-state index contributed by atoms with van der Waals surface area (Å²) in [6, 6.07) is 31.7. The molecule has 5 atom stereocenters. The predicted molar refractivity (Wildman–Crippen MR) is 219 cm³/mol. The summed E-state index contributed by atoms with van der Waals surface area (Å²) in [6.07, 6.45) is 2.25. The normalized spacial score (nSPS) is 13.7. The van der Waals surface area contributed by atoms with Crippen LogP contribution in [0.2, 0.25) is 0 Å². The minimum atomic E-state index is -1.03. The smallest absolute Gasteiger partial charge is 0.330 e. The second kappa shape index (κ2) is 23.7. The van der Waals surface area contributed by atoms with Crippen LogP contribution in [-0.4, -0.2) is 90.1 Å². The topological polar surface area (TPSA) is 178 Å². The SMILES string of the molecule is C=CC(=O)CCC(O)CCc1ccc(C(c2ccc(OCC(O)CN)cc2)C(c2ccc(OCCCO)cc2)c2ccc(OCC(O)COC(=O)C=C)cc2)cc1. The molecule has 11 heteroatoms. The van der Waals surface area contributed by atoms with Crippen molar-refractivity contribution < 1.29 is 49.0 Å². The number of hydrogen-bond acceptors (Lipinski definition) is 11. The molecule has 4 aromatic rings. The summed E-state index contributed by atoms with van der Waals surface area (Å²) in [7, 11) is 0. The first-order chi connectivity index (χ1) is 27.6. The van der Waals surface area contributed by atoms with Gasteiger partial charge in [-0.2, -0.15) is 0 Å². The van der Waals surface area contributed by atoms with E-state index in [1.165, 1.54) is 6.08 Å². The summed E-state index contributed by atoms with van der Waals surface area (Å²) >= 11 is 0. The average molecular weight is 782 g/mol. The van der Waals surface area contributed by atoms with E-state index in [2.05, 4.69) is 37.4 Å². The molecule has 0 fully saturated rings. The van der Waals surface area contributed by atoms with Crippen molar-refractivity contribution in [1.29, 1.82) is 0 Å². The fourth-order valence-electron chi connectivity index (χ4n) is 6.24. The van der Waals surface area contributed by atoms with E-state index in [4.69, 9.17) is 24.7 Å². The lowest BCUT2D eigenvalue weighted by molar-refractivity contribution is -0.141. The number of benzene rings is 4. The predicted octanol–water partition coefficient (Wildman–Crippen LogP) is 5.41. The van der Waals surface area contributed by atoms with E-state index in [-0.39, 0.29) is 57.0 Å². The number of ether oxygens (including phenoxy) is 4. The third-order valence-electron chi connectivity index (χ3n) is 9.42. The van der Waals surface area contributed by atoms with Crippen LogP contribution < -0.4 is 19.9 Å². The number of hydrogen-bond donors (Lipinski definition) is 5. The zero-order valence-corrected chi connectivity index (χ0v) is 32.3. The molecule has 4 rings (SSSR count). The van der Waals surface area contributed by atoms with Crippen LogP contribution in [0.5, 0.6) is 17.2 Å². The van der Waals surface area contributed by atoms with E-state index in [9.17, 15) is 30.0 Å². The number of aliphatic hydroxyl groups excluding tert-OH is 4. The van der Waals surface area contributed by atoms with Gasteiger partial charge in [0.2, 0.25) is 0 Å². The second-order valence-electron chi connectivity index (χ2n) is 13.7. The Kier molecular flexibility index (Phi) is 18.5. The van der Waals surface area contributed by atoms with Crippen LogP contribution in [0.15, 0.2) is 122 Å². The first kappa shape index (κ1) is 44.4. The number of aryl methyl sites for hydroxylation is 1. The Hall–Kier alpha value is -5.30. The number of ketones is 1. The molecule has 57 heavy (non-hydrogen) atoms. The largest absolute Gasteiger partial charge is 0.494 e. The highest BCUT2D eigenvalue weighted by Crippen LogP contribution is 2.44. The molecule has 0 radical (unpaired) electrons. The lowest BCUT2D eigenvalue weighted by Crippen LogP contribution is -2.26. The van der Waals surface area contributed by atoms with Crippen LogP contribution in [0.3, 0.4) is 0 Å². The third-order valence-corrected chi connectivity index (χ3v) is 9.42. The Labute approximate surface area is 335 Å². The van der Waals surface area contributed by atoms with Gasteiger partial charge in [-0.05, 0) is 89.6 Å². The molecule has 4 aromatic carbocycles. The highest BCUT2D eigenvalue weighted by molar-refractivity contribution is 5.88. The van der Waals surface area contributed by atoms with Gasteiger partial charge in [0.25, 0.3) is 0 Å². The van der Waals surface area contributed by atoms with Gasteiger partial charge in [-0.1, -0.05) is 73.8 Å². The molecule has 11 nitrogen and oxygen atoms in total. The Bertz CT molecular complexity index is 1810. The zero-order valence-electron chi connectivity index (χ0n) is 32.3. The van der Waals surface area contributed by atoms with Crippen LogP contribution in [0.25, 0.3) is 0 Å². The van der Waals surface area contributed by atoms with Gasteiger partial charge < -0.3 is 45.1 Å². The van der Waals surface area contributed by atoms with Crippen molar-refractivity contribution in [2.24, 2.45) is 5.73 Å². The molecule has 0 aromatic heterocycles. The van der Waals surface area contributed by atoms with Crippen molar-refractivity contribution in [3.63, 3.8) is 0 Å². The molecule has 5 unspecified atom stereocenters. The van der Waals surface area contributed by atoms with Crippen molar-refractivity contribution in [3.8, 4) is 17.2 Å². The number of allylic oxidation sites excluding steroid dienone is 1. The van der Waals surface area contributed by atoms with Gasteiger partial charge in [-0.3, -0.25) is 4.79 Å². The van der Waals surface area contributed by atoms with Crippen LogP contribution in [0.4, 0.5) is 0 Å². The third kappa shape index (κ3) is 14.6. The maximum atomic E-state index is 11.7. The Morgan fingerprint density at radius 2 is 1.09 bits per heavy atom. The molecule has 0 aliphatic rings. The lowest BCUT2D eigenvalue weighted by atomic mass is 9.73. The Balaban J connectivity index is 1.69. The van der Waals surface area contributed by atoms with Crippen molar-refractivity contribution >= 4 is 11.8 Å². The maximum Gasteiger partial charge on any atom is 0.330 e. The molecule has 6 N–H and O–H groups in total. The highest BCUT2D eigenvalue weighted by atomic mass is 16.5. The summed E-state index contributed by atoms with van der Waals surface area (Å²) in [4.78, 5) is 23.1. The van der Waals surface area contributed by atoms with E-state index >= 15 is 0 Å². The molecule has 0 saturated carbocycles. The Morgan fingerprint density at radius 1 is 0.614 bits per heavy atom. The fraction of sp³-hybridized carbons (Fsp3) is 0.348. The lowest BCUT2D eigenvalue weighted by Gasteiger charge is -2.30. The van der Waals surface area contributed by atoms with Gasteiger partial charge >= 0.3 is 5.97 Å². The first-order valence-corrected chi connectivity index (χ1v) is 19.2. The van der Waals surface area contributed by atoms with Crippen molar-refractivity contribution in [2.75, 3.05) is 39.6 Å². The van der Waals surface area contributed by atoms with E-state index in [1.54, 1.807) is 0 Å². The minimum Gasteiger partial charge on any atom is -0.494 e. The molecule has 0 saturated heterocycles.